The molecule has 1 aliphatic heterocycles. The van der Waals surface area contributed by atoms with Crippen LogP contribution in [0.25, 0.3) is 0 Å². The fourth-order valence-corrected chi connectivity index (χ4v) is 3.16. The van der Waals surface area contributed by atoms with Gasteiger partial charge in [-0.3, -0.25) is 9.59 Å². The Labute approximate surface area is 138 Å². The lowest BCUT2D eigenvalue weighted by Gasteiger charge is -2.18. The molecule has 6 nitrogen and oxygen atoms in total. The van der Waals surface area contributed by atoms with E-state index in [0.29, 0.717) is 19.4 Å². The van der Waals surface area contributed by atoms with Crippen molar-refractivity contribution in [2.75, 3.05) is 17.7 Å². The van der Waals surface area contributed by atoms with Gasteiger partial charge < -0.3 is 15.3 Å². The van der Waals surface area contributed by atoms with Gasteiger partial charge in [-0.1, -0.05) is 0 Å². The van der Waals surface area contributed by atoms with Gasteiger partial charge in [-0.2, -0.15) is 0 Å². The fraction of sp³-hybridized carbons (Fsp3) is 0.438. The SMILES string of the molecule is CSc1ccc(N2CC(C(=O)NC3(C(=O)O)CC3)CC2=O)cc1. The Balaban J connectivity index is 1.67. The summed E-state index contributed by atoms with van der Waals surface area (Å²) in [6, 6.07) is 7.60. The number of carboxylic acids is 1. The molecule has 1 saturated heterocycles. The molecule has 1 aromatic rings. The highest BCUT2D eigenvalue weighted by Gasteiger charge is 2.52. The van der Waals surface area contributed by atoms with Crippen molar-refractivity contribution in [3.63, 3.8) is 0 Å². The number of aliphatic carboxylic acids is 1. The summed E-state index contributed by atoms with van der Waals surface area (Å²) >= 11 is 1.62. The van der Waals surface area contributed by atoms with Crippen molar-refractivity contribution in [1.29, 1.82) is 0 Å². The summed E-state index contributed by atoms with van der Waals surface area (Å²) in [7, 11) is 0. The van der Waals surface area contributed by atoms with Crippen LogP contribution < -0.4 is 10.2 Å². The average molecular weight is 334 g/mol. The smallest absolute Gasteiger partial charge is 0.329 e. The van der Waals surface area contributed by atoms with E-state index in [1.54, 1.807) is 16.7 Å². The van der Waals surface area contributed by atoms with Crippen LogP contribution in [-0.4, -0.2) is 41.2 Å². The molecule has 1 unspecified atom stereocenters. The topological polar surface area (TPSA) is 86.7 Å². The maximum Gasteiger partial charge on any atom is 0.329 e. The number of carbonyl (C=O) groups is 3. The molecule has 0 radical (unpaired) electrons. The van der Waals surface area contributed by atoms with Crippen molar-refractivity contribution in [3.8, 4) is 0 Å². The number of thioether (sulfide) groups is 1. The number of nitrogens with zero attached hydrogens (tertiary/aromatic N) is 1. The van der Waals surface area contributed by atoms with Gasteiger partial charge in [0.2, 0.25) is 11.8 Å². The van der Waals surface area contributed by atoms with Crippen molar-refractivity contribution in [2.45, 2.75) is 29.7 Å². The van der Waals surface area contributed by atoms with E-state index in [1.807, 2.05) is 30.5 Å². The summed E-state index contributed by atoms with van der Waals surface area (Å²) in [6.07, 6.45) is 3.00. The summed E-state index contributed by atoms with van der Waals surface area (Å²) in [5, 5.41) is 11.7. The van der Waals surface area contributed by atoms with Crippen LogP contribution in [0.15, 0.2) is 29.2 Å². The van der Waals surface area contributed by atoms with Gasteiger partial charge >= 0.3 is 5.97 Å². The lowest BCUT2D eigenvalue weighted by molar-refractivity contribution is -0.143. The third kappa shape index (κ3) is 3.06. The maximum absolute atomic E-state index is 12.3. The zero-order chi connectivity index (χ0) is 16.6. The van der Waals surface area contributed by atoms with Gasteiger partial charge in [-0.25, -0.2) is 4.79 Å². The lowest BCUT2D eigenvalue weighted by atomic mass is 10.1. The monoisotopic (exact) mass is 334 g/mol. The molecule has 3 rings (SSSR count). The molecular weight excluding hydrogens is 316 g/mol. The van der Waals surface area contributed by atoms with E-state index >= 15 is 0 Å². The van der Waals surface area contributed by atoms with E-state index in [0.717, 1.165) is 10.6 Å². The summed E-state index contributed by atoms with van der Waals surface area (Å²) < 4.78 is 0. The Morgan fingerprint density at radius 3 is 2.48 bits per heavy atom. The minimum absolute atomic E-state index is 0.109. The average Bonchev–Trinajstić information content (AvgIpc) is 3.22. The quantitative estimate of drug-likeness (QED) is 0.797. The van der Waals surface area contributed by atoms with Crippen molar-refractivity contribution in [3.05, 3.63) is 24.3 Å². The van der Waals surface area contributed by atoms with E-state index < -0.39 is 17.4 Å². The highest BCUT2D eigenvalue weighted by atomic mass is 32.2. The molecule has 1 aliphatic carbocycles. The molecule has 2 aliphatic rings. The second-order valence-electron chi connectivity index (χ2n) is 5.98. The Morgan fingerprint density at radius 2 is 1.96 bits per heavy atom. The third-order valence-corrected chi connectivity index (χ3v) is 5.15. The summed E-state index contributed by atoms with van der Waals surface area (Å²) in [6.45, 7) is 0.291. The number of hydrogen-bond donors (Lipinski definition) is 2. The first-order chi connectivity index (χ1) is 10.9. The number of carboxylic acid groups (broad SMARTS) is 1. The molecule has 2 N–H and O–H groups in total. The molecule has 2 fully saturated rings. The van der Waals surface area contributed by atoms with E-state index in [1.165, 1.54) is 0 Å². The van der Waals surface area contributed by atoms with Gasteiger partial charge in [-0.15, -0.1) is 11.8 Å². The molecule has 23 heavy (non-hydrogen) atoms. The molecule has 1 aromatic carbocycles. The van der Waals surface area contributed by atoms with Crippen LogP contribution in [0.4, 0.5) is 5.69 Å². The minimum atomic E-state index is -1.10. The second-order valence-corrected chi connectivity index (χ2v) is 6.86. The number of rotatable bonds is 5. The summed E-state index contributed by atoms with van der Waals surface area (Å²) in [5.74, 6) is -1.96. The van der Waals surface area contributed by atoms with Crippen molar-refractivity contribution in [1.82, 2.24) is 5.32 Å². The Bertz CT molecular complexity index is 655. The molecule has 0 spiro atoms. The Morgan fingerprint density at radius 1 is 1.30 bits per heavy atom. The zero-order valence-corrected chi connectivity index (χ0v) is 13.6. The largest absolute Gasteiger partial charge is 0.480 e. The normalized spacial score (nSPS) is 22.0. The minimum Gasteiger partial charge on any atom is -0.480 e. The van der Waals surface area contributed by atoms with Gasteiger partial charge in [0.1, 0.15) is 5.54 Å². The van der Waals surface area contributed by atoms with Crippen LogP contribution in [-0.2, 0) is 14.4 Å². The molecule has 122 valence electrons. The third-order valence-electron chi connectivity index (χ3n) is 4.40. The van der Waals surface area contributed by atoms with Gasteiger partial charge in [0.15, 0.2) is 0 Å². The summed E-state index contributed by atoms with van der Waals surface area (Å²) in [4.78, 5) is 38.3. The van der Waals surface area contributed by atoms with E-state index in [-0.39, 0.29) is 18.2 Å². The standard InChI is InChI=1S/C16H18N2O4S/c1-23-12-4-2-11(3-5-12)18-9-10(8-13(18)19)14(20)17-16(6-7-16)15(21)22/h2-5,10H,6-9H2,1H3,(H,17,20)(H,21,22). The van der Waals surface area contributed by atoms with Crippen molar-refractivity contribution < 1.29 is 19.5 Å². The molecule has 0 bridgehead atoms. The van der Waals surface area contributed by atoms with E-state index in [2.05, 4.69) is 5.32 Å². The molecule has 1 saturated carbocycles. The number of nitrogens with one attached hydrogen (secondary N) is 1. The van der Waals surface area contributed by atoms with Crippen LogP contribution >= 0.6 is 11.8 Å². The predicted molar refractivity (Wildman–Crippen MR) is 86.4 cm³/mol. The van der Waals surface area contributed by atoms with E-state index in [9.17, 15) is 14.4 Å². The van der Waals surface area contributed by atoms with Crippen LogP contribution in [0.3, 0.4) is 0 Å². The fourth-order valence-electron chi connectivity index (χ4n) is 2.75. The highest BCUT2D eigenvalue weighted by molar-refractivity contribution is 7.98. The number of amides is 2. The van der Waals surface area contributed by atoms with Crippen molar-refractivity contribution >= 4 is 35.2 Å². The van der Waals surface area contributed by atoms with Crippen molar-refractivity contribution in [2.24, 2.45) is 5.92 Å². The van der Waals surface area contributed by atoms with Gasteiger partial charge in [0, 0.05) is 23.5 Å². The first-order valence-electron chi connectivity index (χ1n) is 7.45. The molecular formula is C16H18N2O4S. The maximum atomic E-state index is 12.3. The van der Waals surface area contributed by atoms with Gasteiger partial charge in [0.25, 0.3) is 0 Å². The predicted octanol–water partition coefficient (Wildman–Crippen LogP) is 1.49. The number of benzene rings is 1. The van der Waals surface area contributed by atoms with Crippen LogP contribution in [0.1, 0.15) is 19.3 Å². The molecule has 7 heteroatoms. The zero-order valence-electron chi connectivity index (χ0n) is 12.7. The number of anilines is 1. The van der Waals surface area contributed by atoms with Crippen LogP contribution in [0.5, 0.6) is 0 Å². The molecule has 2 amide bonds. The first kappa shape index (κ1) is 15.9. The second kappa shape index (κ2) is 5.88. The van der Waals surface area contributed by atoms with Gasteiger partial charge in [0.05, 0.1) is 5.92 Å². The highest BCUT2D eigenvalue weighted by Crippen LogP contribution is 2.36. The molecule has 1 atom stereocenters. The number of hydrogen-bond acceptors (Lipinski definition) is 4. The summed E-state index contributed by atoms with van der Waals surface area (Å²) in [5.41, 5.74) is -0.337. The Kier molecular flexibility index (Phi) is 4.06. The molecule has 1 heterocycles. The molecule has 0 aromatic heterocycles. The lowest BCUT2D eigenvalue weighted by Crippen LogP contribution is -2.46. The Hall–Kier alpha value is -2.02. The van der Waals surface area contributed by atoms with Gasteiger partial charge in [-0.05, 0) is 43.4 Å². The van der Waals surface area contributed by atoms with Crippen LogP contribution in [0, 0.1) is 5.92 Å². The van der Waals surface area contributed by atoms with E-state index in [4.69, 9.17) is 5.11 Å². The first-order valence-corrected chi connectivity index (χ1v) is 8.67. The number of carbonyl (C=O) groups excluding carboxylic acids is 2. The van der Waals surface area contributed by atoms with Crippen LogP contribution in [0.2, 0.25) is 0 Å².